The quantitative estimate of drug-likeness (QED) is 0.435. The highest BCUT2D eigenvalue weighted by Gasteiger charge is 2.53. The number of aliphatic hydroxyl groups excluding tert-OH is 1. The molecule has 0 spiro atoms. The number of fused-ring (bicyclic) bond motifs is 1. The summed E-state index contributed by atoms with van der Waals surface area (Å²) < 4.78 is 0.0776. The standard InChI is InChI=1S/C7H10INO2/c8-7(11)9-2-4-1-5(4)6(9)3-10/h4-6,10H,1-3H2/t4-,5-,6-/m1/s1. The number of piperidine rings is 1. The topological polar surface area (TPSA) is 40.5 Å². The lowest BCUT2D eigenvalue weighted by Crippen LogP contribution is -2.37. The fourth-order valence-corrected chi connectivity index (χ4v) is 2.56. The van der Waals surface area contributed by atoms with Crippen molar-refractivity contribution in [1.29, 1.82) is 0 Å². The first kappa shape index (κ1) is 7.79. The molecular weight excluding hydrogens is 257 g/mol. The molecule has 0 aromatic rings. The molecule has 4 heteroatoms. The molecule has 0 bridgehead atoms. The van der Waals surface area contributed by atoms with E-state index in [2.05, 4.69) is 0 Å². The average Bonchev–Trinajstić information content (AvgIpc) is 2.63. The second-order valence-corrected chi connectivity index (χ2v) is 4.24. The predicted octanol–water partition coefficient (Wildman–Crippen LogP) is 0.854. The second-order valence-electron chi connectivity index (χ2n) is 3.31. The van der Waals surface area contributed by atoms with Crippen LogP contribution >= 0.6 is 22.6 Å². The molecule has 1 saturated heterocycles. The van der Waals surface area contributed by atoms with Crippen LogP contribution in [0.1, 0.15) is 6.42 Å². The van der Waals surface area contributed by atoms with Crippen LogP contribution < -0.4 is 0 Å². The highest BCUT2D eigenvalue weighted by Crippen LogP contribution is 2.49. The summed E-state index contributed by atoms with van der Waals surface area (Å²) in [6.07, 6.45) is 1.21. The summed E-state index contributed by atoms with van der Waals surface area (Å²) >= 11 is 1.79. The van der Waals surface area contributed by atoms with E-state index in [0.29, 0.717) is 11.8 Å². The average molecular weight is 267 g/mol. The second kappa shape index (κ2) is 2.58. The van der Waals surface area contributed by atoms with Gasteiger partial charge in [0.05, 0.1) is 12.6 Å². The molecular formula is C7H10INO2. The van der Waals surface area contributed by atoms with Gasteiger partial charge in [0.1, 0.15) is 0 Å². The smallest absolute Gasteiger partial charge is 0.283 e. The van der Waals surface area contributed by atoms with Gasteiger partial charge in [0.15, 0.2) is 0 Å². The first-order valence-electron chi connectivity index (χ1n) is 3.81. The van der Waals surface area contributed by atoms with Gasteiger partial charge in [-0.25, -0.2) is 0 Å². The number of carbonyl (C=O) groups excluding carboxylic acids is 1. The van der Waals surface area contributed by atoms with Gasteiger partial charge in [0, 0.05) is 29.1 Å². The van der Waals surface area contributed by atoms with E-state index in [1.807, 2.05) is 0 Å². The van der Waals surface area contributed by atoms with Crippen molar-refractivity contribution in [2.24, 2.45) is 11.8 Å². The molecule has 1 N–H and O–H groups in total. The van der Waals surface area contributed by atoms with E-state index in [1.165, 1.54) is 6.42 Å². The van der Waals surface area contributed by atoms with Crippen LogP contribution in [0.3, 0.4) is 0 Å². The van der Waals surface area contributed by atoms with Crippen molar-refractivity contribution in [3.05, 3.63) is 0 Å². The molecule has 0 aromatic heterocycles. The molecule has 0 unspecified atom stereocenters. The van der Waals surface area contributed by atoms with E-state index in [1.54, 1.807) is 27.5 Å². The number of hydrogen-bond acceptors (Lipinski definition) is 2. The summed E-state index contributed by atoms with van der Waals surface area (Å²) in [5.41, 5.74) is 0. The van der Waals surface area contributed by atoms with Crippen LogP contribution in [0.15, 0.2) is 0 Å². The third-order valence-corrected chi connectivity index (χ3v) is 3.34. The maximum atomic E-state index is 11.0. The summed E-state index contributed by atoms with van der Waals surface area (Å²) in [5.74, 6) is 1.31. The van der Waals surface area contributed by atoms with Crippen LogP contribution in [0.5, 0.6) is 0 Å². The summed E-state index contributed by atoms with van der Waals surface area (Å²) in [5, 5.41) is 8.99. The van der Waals surface area contributed by atoms with E-state index in [9.17, 15) is 4.79 Å². The van der Waals surface area contributed by atoms with Gasteiger partial charge < -0.3 is 10.0 Å². The fraction of sp³-hybridized carbons (Fsp3) is 0.857. The van der Waals surface area contributed by atoms with Gasteiger partial charge in [0.2, 0.25) is 0 Å². The third-order valence-electron chi connectivity index (χ3n) is 2.72. The van der Waals surface area contributed by atoms with Crippen molar-refractivity contribution in [2.75, 3.05) is 13.2 Å². The Morgan fingerprint density at radius 3 is 2.91 bits per heavy atom. The molecule has 1 amide bonds. The monoisotopic (exact) mass is 267 g/mol. The zero-order valence-corrected chi connectivity index (χ0v) is 8.19. The Morgan fingerprint density at radius 2 is 2.45 bits per heavy atom. The minimum Gasteiger partial charge on any atom is -0.394 e. The predicted molar refractivity (Wildman–Crippen MR) is 48.6 cm³/mol. The third kappa shape index (κ3) is 1.16. The Morgan fingerprint density at radius 1 is 1.73 bits per heavy atom. The van der Waals surface area contributed by atoms with E-state index in [0.717, 1.165) is 6.54 Å². The van der Waals surface area contributed by atoms with E-state index in [4.69, 9.17) is 5.11 Å². The molecule has 1 heterocycles. The van der Waals surface area contributed by atoms with Crippen molar-refractivity contribution < 1.29 is 9.90 Å². The molecule has 2 aliphatic rings. The highest BCUT2D eigenvalue weighted by atomic mass is 127. The van der Waals surface area contributed by atoms with Gasteiger partial charge in [-0.05, 0) is 18.3 Å². The molecule has 2 fully saturated rings. The Bertz CT molecular complexity index is 197. The number of halogens is 1. The van der Waals surface area contributed by atoms with Crippen LogP contribution in [-0.2, 0) is 0 Å². The summed E-state index contributed by atoms with van der Waals surface area (Å²) in [4.78, 5) is 12.8. The lowest BCUT2D eigenvalue weighted by Gasteiger charge is -2.23. The zero-order chi connectivity index (χ0) is 8.01. The normalized spacial score (nSPS) is 40.5. The number of likely N-dealkylation sites (tertiary alicyclic amines) is 1. The largest absolute Gasteiger partial charge is 0.394 e. The van der Waals surface area contributed by atoms with Crippen LogP contribution in [0.25, 0.3) is 0 Å². The lowest BCUT2D eigenvalue weighted by atomic mass is 10.2. The van der Waals surface area contributed by atoms with Crippen LogP contribution in [0.4, 0.5) is 4.79 Å². The first-order valence-corrected chi connectivity index (χ1v) is 4.89. The van der Waals surface area contributed by atoms with Gasteiger partial charge >= 0.3 is 0 Å². The summed E-state index contributed by atoms with van der Waals surface area (Å²) in [6, 6.07) is 0.129. The summed E-state index contributed by atoms with van der Waals surface area (Å²) in [7, 11) is 0. The number of hydrogen-bond donors (Lipinski definition) is 1. The van der Waals surface area contributed by atoms with Crippen LogP contribution in [0, 0.1) is 11.8 Å². The van der Waals surface area contributed by atoms with E-state index in [-0.39, 0.29) is 16.6 Å². The molecule has 1 aliphatic heterocycles. The SMILES string of the molecule is O=C(I)N1C[C@H]2C[C@H]2[C@H]1CO. The van der Waals surface area contributed by atoms with Gasteiger partial charge in [-0.2, -0.15) is 0 Å². The minimum atomic E-state index is 0.0776. The molecule has 11 heavy (non-hydrogen) atoms. The van der Waals surface area contributed by atoms with Crippen LogP contribution in [-0.4, -0.2) is 33.1 Å². The maximum absolute atomic E-state index is 11.0. The number of carbonyl (C=O) groups is 1. The molecule has 62 valence electrons. The molecule has 1 aliphatic carbocycles. The number of rotatable bonds is 1. The lowest BCUT2D eigenvalue weighted by molar-refractivity contribution is 0.160. The van der Waals surface area contributed by atoms with Crippen molar-refractivity contribution in [3.8, 4) is 0 Å². The van der Waals surface area contributed by atoms with E-state index >= 15 is 0 Å². The van der Waals surface area contributed by atoms with Gasteiger partial charge in [-0.15, -0.1) is 0 Å². The van der Waals surface area contributed by atoms with E-state index < -0.39 is 0 Å². The highest BCUT2D eigenvalue weighted by molar-refractivity contribution is 14.1. The van der Waals surface area contributed by atoms with Crippen molar-refractivity contribution in [3.63, 3.8) is 0 Å². The Kier molecular flexibility index (Phi) is 1.83. The zero-order valence-electron chi connectivity index (χ0n) is 6.03. The Balaban J connectivity index is 2.06. The maximum Gasteiger partial charge on any atom is 0.283 e. The van der Waals surface area contributed by atoms with Crippen molar-refractivity contribution >= 4 is 26.5 Å². The van der Waals surface area contributed by atoms with Gasteiger partial charge in [0.25, 0.3) is 3.91 Å². The molecule has 0 aromatic carbocycles. The molecule has 0 radical (unpaired) electrons. The fourth-order valence-electron chi connectivity index (χ4n) is 2.01. The van der Waals surface area contributed by atoms with Crippen molar-refractivity contribution in [1.82, 2.24) is 4.90 Å². The van der Waals surface area contributed by atoms with Crippen LogP contribution in [0.2, 0.25) is 0 Å². The molecule has 3 atom stereocenters. The first-order chi connectivity index (χ1) is 5.24. The summed E-state index contributed by atoms with van der Waals surface area (Å²) in [6.45, 7) is 1.01. The molecule has 3 nitrogen and oxygen atoms in total. The van der Waals surface area contributed by atoms with Gasteiger partial charge in [-0.3, -0.25) is 4.79 Å². The van der Waals surface area contributed by atoms with Gasteiger partial charge in [-0.1, -0.05) is 0 Å². The minimum absolute atomic E-state index is 0.0776. The van der Waals surface area contributed by atoms with Crippen molar-refractivity contribution in [2.45, 2.75) is 12.5 Å². The number of nitrogens with zero attached hydrogens (tertiary/aromatic N) is 1. The molecule has 2 rings (SSSR count). The number of amides is 1. The number of aliphatic hydroxyl groups is 1. The Hall–Kier alpha value is 0.160. The Labute approximate surface area is 78.9 Å². The molecule has 1 saturated carbocycles.